The third-order valence-electron chi connectivity index (χ3n) is 4.25. The van der Waals surface area contributed by atoms with Gasteiger partial charge in [-0.1, -0.05) is 17.7 Å². The van der Waals surface area contributed by atoms with Crippen LogP contribution in [0.4, 0.5) is 8.78 Å². The van der Waals surface area contributed by atoms with Crippen LogP contribution in [0, 0.1) is 6.92 Å². The first-order valence-corrected chi connectivity index (χ1v) is 7.27. The Kier molecular flexibility index (Phi) is 4.42. The van der Waals surface area contributed by atoms with Crippen molar-refractivity contribution < 1.29 is 23.4 Å². The van der Waals surface area contributed by atoms with Gasteiger partial charge in [0.05, 0.1) is 13.2 Å². The summed E-state index contributed by atoms with van der Waals surface area (Å²) in [6.07, 6.45) is 0.381. The van der Waals surface area contributed by atoms with E-state index in [-0.39, 0.29) is 12.8 Å². The summed E-state index contributed by atoms with van der Waals surface area (Å²) >= 11 is 0. The molecule has 2 N–H and O–H groups in total. The molecule has 1 amide bonds. The summed E-state index contributed by atoms with van der Waals surface area (Å²) in [5.41, 5.74) is -0.665. The van der Waals surface area contributed by atoms with Crippen LogP contribution in [-0.4, -0.2) is 29.6 Å². The molecule has 0 heterocycles. The minimum atomic E-state index is -3.80. The van der Waals surface area contributed by atoms with Gasteiger partial charge in [-0.15, -0.1) is 0 Å². The fourth-order valence-corrected chi connectivity index (χ4v) is 2.59. The van der Waals surface area contributed by atoms with Gasteiger partial charge in [-0.05, 0) is 39.2 Å². The zero-order valence-electron chi connectivity index (χ0n) is 13.0. The van der Waals surface area contributed by atoms with Gasteiger partial charge in [-0.25, -0.2) is 0 Å². The Labute approximate surface area is 128 Å². The van der Waals surface area contributed by atoms with Gasteiger partial charge in [-0.3, -0.25) is 4.79 Å². The number of carbonyl (C=O) groups is 1. The maximum atomic E-state index is 14.1. The molecule has 6 heteroatoms. The predicted octanol–water partition coefficient (Wildman–Crippen LogP) is 2.73. The van der Waals surface area contributed by atoms with Crippen molar-refractivity contribution in [2.24, 2.45) is 0 Å². The van der Waals surface area contributed by atoms with Gasteiger partial charge in [0.1, 0.15) is 11.4 Å². The van der Waals surface area contributed by atoms with Crippen molar-refractivity contribution in [2.75, 3.05) is 7.11 Å². The highest BCUT2D eigenvalue weighted by Crippen LogP contribution is 2.44. The summed E-state index contributed by atoms with van der Waals surface area (Å²) in [7, 11) is 1.48. The highest BCUT2D eigenvalue weighted by Gasteiger charge is 2.61. The summed E-state index contributed by atoms with van der Waals surface area (Å²) in [4.78, 5) is 11.9. The Hall–Kier alpha value is -1.69. The fourth-order valence-electron chi connectivity index (χ4n) is 2.59. The quantitative estimate of drug-likeness (QED) is 0.879. The van der Waals surface area contributed by atoms with Gasteiger partial charge in [0.2, 0.25) is 0 Å². The van der Waals surface area contributed by atoms with Crippen LogP contribution < -0.4 is 10.1 Å². The van der Waals surface area contributed by atoms with E-state index in [1.165, 1.54) is 7.11 Å². The predicted molar refractivity (Wildman–Crippen MR) is 78.0 cm³/mol. The van der Waals surface area contributed by atoms with Crippen LogP contribution >= 0.6 is 0 Å². The Balaban J connectivity index is 2.16. The number of halogens is 2. The standard InChI is InChI=1S/C16H21F2NO3/c1-10-5-6-13(22-3)12(9-10)11(2)19-14(20)16(17,18)15(21)7-4-8-15/h5-6,9,11,21H,4,7-8H2,1-3H3,(H,19,20). The maximum absolute atomic E-state index is 14.1. The monoisotopic (exact) mass is 313 g/mol. The van der Waals surface area contributed by atoms with E-state index < -0.39 is 23.5 Å². The molecule has 1 aromatic rings. The molecule has 1 fully saturated rings. The fraction of sp³-hybridized carbons (Fsp3) is 0.562. The van der Waals surface area contributed by atoms with Crippen molar-refractivity contribution in [2.45, 2.75) is 50.7 Å². The summed E-state index contributed by atoms with van der Waals surface area (Å²) in [6.45, 7) is 3.47. The first-order chi connectivity index (χ1) is 10.2. The lowest BCUT2D eigenvalue weighted by Crippen LogP contribution is -2.60. The normalized spacial score (nSPS) is 18.3. The number of hydrogen-bond acceptors (Lipinski definition) is 3. The van der Waals surface area contributed by atoms with Gasteiger partial charge in [0.15, 0.2) is 0 Å². The van der Waals surface area contributed by atoms with E-state index in [1.54, 1.807) is 19.1 Å². The molecule has 4 nitrogen and oxygen atoms in total. The van der Waals surface area contributed by atoms with Crippen LogP contribution in [0.1, 0.15) is 43.4 Å². The summed E-state index contributed by atoms with van der Waals surface area (Å²) in [5, 5.41) is 12.1. The van der Waals surface area contributed by atoms with Gasteiger partial charge in [0.25, 0.3) is 5.91 Å². The van der Waals surface area contributed by atoms with E-state index in [0.717, 1.165) is 5.56 Å². The zero-order chi connectivity index (χ0) is 16.5. The molecule has 0 bridgehead atoms. The molecule has 0 radical (unpaired) electrons. The molecule has 2 rings (SSSR count). The molecule has 1 unspecified atom stereocenters. The molecule has 122 valence electrons. The number of amides is 1. The van der Waals surface area contributed by atoms with Crippen LogP contribution in [-0.2, 0) is 4.79 Å². The molecule has 1 atom stereocenters. The first kappa shape index (κ1) is 16.7. The molecule has 1 aliphatic rings. The lowest BCUT2D eigenvalue weighted by Gasteiger charge is -2.41. The van der Waals surface area contributed by atoms with Crippen LogP contribution in [0.3, 0.4) is 0 Å². The Bertz CT molecular complexity index is 571. The van der Waals surface area contributed by atoms with E-state index in [2.05, 4.69) is 5.32 Å². The van der Waals surface area contributed by atoms with Crippen molar-refractivity contribution in [3.8, 4) is 5.75 Å². The number of aryl methyl sites for hydroxylation is 1. The minimum Gasteiger partial charge on any atom is -0.496 e. The third kappa shape index (κ3) is 2.79. The van der Waals surface area contributed by atoms with E-state index in [0.29, 0.717) is 17.7 Å². The average Bonchev–Trinajstić information content (AvgIpc) is 2.44. The van der Waals surface area contributed by atoms with Crippen molar-refractivity contribution in [3.05, 3.63) is 29.3 Å². The summed E-state index contributed by atoms with van der Waals surface area (Å²) in [5.74, 6) is -4.73. The maximum Gasteiger partial charge on any atom is 0.352 e. The number of hydrogen-bond donors (Lipinski definition) is 2. The van der Waals surface area contributed by atoms with Gasteiger partial charge in [0, 0.05) is 5.56 Å². The smallest absolute Gasteiger partial charge is 0.352 e. The van der Waals surface area contributed by atoms with Crippen molar-refractivity contribution in [1.82, 2.24) is 5.32 Å². The molecule has 0 aromatic heterocycles. The minimum absolute atomic E-state index is 0.0600. The second kappa shape index (κ2) is 5.83. The molecule has 1 saturated carbocycles. The molecule has 0 saturated heterocycles. The average molecular weight is 313 g/mol. The van der Waals surface area contributed by atoms with E-state index in [1.807, 2.05) is 13.0 Å². The number of nitrogens with one attached hydrogen (secondary N) is 1. The molecular weight excluding hydrogens is 292 g/mol. The molecule has 1 aliphatic carbocycles. The van der Waals surface area contributed by atoms with Crippen molar-refractivity contribution in [3.63, 3.8) is 0 Å². The Morgan fingerprint density at radius 2 is 2.09 bits per heavy atom. The van der Waals surface area contributed by atoms with Crippen LogP contribution in [0.15, 0.2) is 18.2 Å². The summed E-state index contributed by atoms with van der Waals surface area (Å²) in [6, 6.07) is 4.69. The number of benzene rings is 1. The van der Waals surface area contributed by atoms with Gasteiger partial charge >= 0.3 is 5.92 Å². The third-order valence-corrected chi connectivity index (χ3v) is 4.25. The first-order valence-electron chi connectivity index (χ1n) is 7.27. The number of aliphatic hydroxyl groups is 1. The van der Waals surface area contributed by atoms with E-state index >= 15 is 0 Å². The van der Waals surface area contributed by atoms with Crippen LogP contribution in [0.25, 0.3) is 0 Å². The van der Waals surface area contributed by atoms with Crippen molar-refractivity contribution in [1.29, 1.82) is 0 Å². The molecule has 0 aliphatic heterocycles. The Morgan fingerprint density at radius 1 is 1.45 bits per heavy atom. The SMILES string of the molecule is COc1ccc(C)cc1C(C)NC(=O)C(F)(F)C1(O)CCC1. The Morgan fingerprint density at radius 3 is 2.59 bits per heavy atom. The lowest BCUT2D eigenvalue weighted by atomic mass is 9.75. The van der Waals surface area contributed by atoms with Gasteiger partial charge in [-0.2, -0.15) is 8.78 Å². The molecular formula is C16H21F2NO3. The highest BCUT2D eigenvalue weighted by atomic mass is 19.3. The number of methoxy groups -OCH3 is 1. The molecule has 0 spiro atoms. The van der Waals surface area contributed by atoms with Gasteiger partial charge < -0.3 is 15.2 Å². The molecule has 1 aromatic carbocycles. The lowest BCUT2D eigenvalue weighted by molar-refractivity contribution is -0.216. The van der Waals surface area contributed by atoms with Crippen LogP contribution in [0.2, 0.25) is 0 Å². The zero-order valence-corrected chi connectivity index (χ0v) is 13.0. The number of rotatable bonds is 5. The summed E-state index contributed by atoms with van der Waals surface area (Å²) < 4.78 is 33.4. The topological polar surface area (TPSA) is 58.6 Å². The van der Waals surface area contributed by atoms with E-state index in [4.69, 9.17) is 4.74 Å². The highest BCUT2D eigenvalue weighted by molar-refractivity contribution is 5.85. The second-order valence-electron chi connectivity index (χ2n) is 5.90. The van der Waals surface area contributed by atoms with Crippen molar-refractivity contribution >= 4 is 5.91 Å². The number of ether oxygens (including phenoxy) is 1. The number of carbonyl (C=O) groups excluding carboxylic acids is 1. The van der Waals surface area contributed by atoms with Crippen LogP contribution in [0.5, 0.6) is 5.75 Å². The number of alkyl halides is 2. The van der Waals surface area contributed by atoms with E-state index in [9.17, 15) is 18.7 Å². The largest absolute Gasteiger partial charge is 0.496 e. The molecule has 22 heavy (non-hydrogen) atoms. The second-order valence-corrected chi connectivity index (χ2v) is 5.90.